The molecule has 31 heavy (non-hydrogen) atoms. The first-order valence-corrected chi connectivity index (χ1v) is 10.6. The van der Waals surface area contributed by atoms with Crippen LogP contribution in [-0.4, -0.2) is 59.5 Å². The molecule has 1 aliphatic carbocycles. The van der Waals surface area contributed by atoms with Crippen molar-refractivity contribution in [2.24, 2.45) is 12.0 Å². The molecule has 0 saturated heterocycles. The summed E-state index contributed by atoms with van der Waals surface area (Å²) in [4.78, 5) is 7.06. The monoisotopic (exact) mass is 542 g/mol. The summed E-state index contributed by atoms with van der Waals surface area (Å²) in [5, 5.41) is 12.0. The first-order chi connectivity index (χ1) is 14.5. The van der Waals surface area contributed by atoms with Crippen LogP contribution in [0.5, 0.6) is 11.5 Å². The molecule has 1 aromatic carbocycles. The van der Waals surface area contributed by atoms with Crippen LogP contribution in [0.25, 0.3) is 0 Å². The molecule has 0 bridgehead atoms. The summed E-state index contributed by atoms with van der Waals surface area (Å²) in [6, 6.07) is 6.57. The van der Waals surface area contributed by atoms with E-state index in [1.54, 1.807) is 14.2 Å². The molecule has 0 amide bonds. The van der Waals surface area contributed by atoms with Gasteiger partial charge in [-0.15, -0.1) is 34.2 Å². The zero-order valence-corrected chi connectivity index (χ0v) is 21.6. The molecule has 3 rings (SSSR count). The van der Waals surface area contributed by atoms with Crippen molar-refractivity contribution >= 4 is 29.9 Å². The van der Waals surface area contributed by atoms with Crippen molar-refractivity contribution in [3.05, 3.63) is 35.4 Å². The van der Waals surface area contributed by atoms with Crippen LogP contribution >= 0.6 is 24.0 Å². The summed E-state index contributed by atoms with van der Waals surface area (Å²) in [6.07, 6.45) is 5.84. The molecular formula is C22H35IN6O2. The Hall–Kier alpha value is -2.04. The number of likely N-dealkylation sites (N-methyl/N-ethyl adjacent to an activating group) is 1. The molecule has 0 unspecified atom stereocenters. The van der Waals surface area contributed by atoms with E-state index in [-0.39, 0.29) is 24.0 Å². The van der Waals surface area contributed by atoms with E-state index in [0.717, 1.165) is 42.1 Å². The van der Waals surface area contributed by atoms with E-state index in [2.05, 4.69) is 33.5 Å². The molecule has 1 aromatic heterocycles. The largest absolute Gasteiger partial charge is 0.493 e. The molecule has 0 aliphatic heterocycles. The molecule has 8 nitrogen and oxygen atoms in total. The molecule has 1 N–H and O–H groups in total. The third-order valence-corrected chi connectivity index (χ3v) is 5.79. The minimum atomic E-state index is 0. The Labute approximate surface area is 202 Å². The fraction of sp³-hybridized carbons (Fsp3) is 0.591. The van der Waals surface area contributed by atoms with Gasteiger partial charge in [0.15, 0.2) is 23.3 Å². The number of aromatic nitrogens is 3. The molecule has 0 radical (unpaired) electrons. The normalized spacial score (nSPS) is 14.3. The van der Waals surface area contributed by atoms with Gasteiger partial charge in [0.25, 0.3) is 0 Å². The number of rotatable bonds is 8. The van der Waals surface area contributed by atoms with Crippen LogP contribution in [-0.2, 0) is 20.0 Å². The third-order valence-electron chi connectivity index (χ3n) is 5.79. The van der Waals surface area contributed by atoms with E-state index < -0.39 is 0 Å². The van der Waals surface area contributed by atoms with Gasteiger partial charge in [-0.05, 0) is 43.9 Å². The molecule has 1 aliphatic rings. The van der Waals surface area contributed by atoms with Crippen molar-refractivity contribution in [1.82, 2.24) is 25.0 Å². The first kappa shape index (κ1) is 25.2. The van der Waals surface area contributed by atoms with E-state index in [1.807, 2.05) is 30.7 Å². The topological polar surface area (TPSA) is 76.8 Å². The number of benzene rings is 1. The standard InChI is InChI=1S/C22H34N6O2.HI/c1-16-25-26-21(28(16)3)15-23-22(24-18-8-6-7-9-18)27(2)13-12-17-10-11-19(29-4)20(14-17)30-5;/h10-11,14,18H,6-9,12-13,15H2,1-5H3,(H,23,24);1H. The van der Waals surface area contributed by atoms with Crippen molar-refractivity contribution in [2.45, 2.75) is 51.6 Å². The zero-order valence-electron chi connectivity index (χ0n) is 19.2. The fourth-order valence-corrected chi connectivity index (χ4v) is 3.70. The summed E-state index contributed by atoms with van der Waals surface area (Å²) in [6.45, 7) is 3.30. The second-order valence-electron chi connectivity index (χ2n) is 7.85. The van der Waals surface area contributed by atoms with E-state index in [1.165, 1.54) is 31.2 Å². The van der Waals surface area contributed by atoms with E-state index in [0.29, 0.717) is 12.6 Å². The Morgan fingerprint density at radius 2 is 1.90 bits per heavy atom. The van der Waals surface area contributed by atoms with Crippen LogP contribution < -0.4 is 14.8 Å². The molecule has 2 aromatic rings. The predicted molar refractivity (Wildman–Crippen MR) is 134 cm³/mol. The second-order valence-corrected chi connectivity index (χ2v) is 7.85. The maximum atomic E-state index is 5.43. The predicted octanol–water partition coefficient (Wildman–Crippen LogP) is 3.32. The number of guanidine groups is 1. The van der Waals surface area contributed by atoms with Gasteiger partial charge in [0, 0.05) is 26.7 Å². The van der Waals surface area contributed by atoms with Gasteiger partial charge in [0.1, 0.15) is 12.4 Å². The van der Waals surface area contributed by atoms with Crippen molar-refractivity contribution in [2.75, 3.05) is 27.8 Å². The lowest BCUT2D eigenvalue weighted by atomic mass is 10.1. The van der Waals surface area contributed by atoms with Crippen LogP contribution in [0.4, 0.5) is 0 Å². The van der Waals surface area contributed by atoms with Gasteiger partial charge in [-0.25, -0.2) is 4.99 Å². The number of aliphatic imine (C=N–C) groups is 1. The number of halogens is 1. The van der Waals surface area contributed by atoms with Crippen molar-refractivity contribution < 1.29 is 9.47 Å². The maximum Gasteiger partial charge on any atom is 0.194 e. The van der Waals surface area contributed by atoms with Crippen LogP contribution in [0, 0.1) is 6.92 Å². The van der Waals surface area contributed by atoms with Crippen molar-refractivity contribution in [1.29, 1.82) is 0 Å². The maximum absolute atomic E-state index is 5.43. The fourth-order valence-electron chi connectivity index (χ4n) is 3.70. The van der Waals surface area contributed by atoms with Crippen LogP contribution in [0.15, 0.2) is 23.2 Å². The molecule has 172 valence electrons. The quantitative estimate of drug-likeness (QED) is 0.314. The van der Waals surface area contributed by atoms with Crippen molar-refractivity contribution in [3.8, 4) is 11.5 Å². The highest BCUT2D eigenvalue weighted by atomic mass is 127. The van der Waals surface area contributed by atoms with Gasteiger partial charge in [-0.1, -0.05) is 18.9 Å². The molecular weight excluding hydrogens is 507 g/mol. The van der Waals surface area contributed by atoms with Gasteiger partial charge < -0.3 is 24.3 Å². The summed E-state index contributed by atoms with van der Waals surface area (Å²) in [5.41, 5.74) is 1.20. The number of hydrogen-bond donors (Lipinski definition) is 1. The van der Waals surface area contributed by atoms with Crippen LogP contribution in [0.1, 0.15) is 42.9 Å². The number of nitrogens with one attached hydrogen (secondary N) is 1. The highest BCUT2D eigenvalue weighted by molar-refractivity contribution is 14.0. The summed E-state index contributed by atoms with van der Waals surface area (Å²) >= 11 is 0. The Bertz CT molecular complexity index is 864. The van der Waals surface area contributed by atoms with Crippen LogP contribution in [0.2, 0.25) is 0 Å². The third kappa shape index (κ3) is 6.72. The minimum Gasteiger partial charge on any atom is -0.493 e. The Kier molecular flexibility index (Phi) is 9.86. The lowest BCUT2D eigenvalue weighted by molar-refractivity contribution is 0.354. The van der Waals surface area contributed by atoms with Gasteiger partial charge >= 0.3 is 0 Å². The minimum absolute atomic E-state index is 0. The van der Waals surface area contributed by atoms with Crippen LogP contribution in [0.3, 0.4) is 0 Å². The molecule has 1 heterocycles. The average Bonchev–Trinajstić information content (AvgIpc) is 3.39. The highest BCUT2D eigenvalue weighted by Crippen LogP contribution is 2.27. The number of methoxy groups -OCH3 is 2. The van der Waals surface area contributed by atoms with Crippen molar-refractivity contribution in [3.63, 3.8) is 0 Å². The Balaban J connectivity index is 0.00000341. The highest BCUT2D eigenvalue weighted by Gasteiger charge is 2.18. The van der Waals surface area contributed by atoms with Gasteiger partial charge in [0.05, 0.1) is 14.2 Å². The number of hydrogen-bond acceptors (Lipinski definition) is 5. The molecule has 0 atom stereocenters. The number of aryl methyl sites for hydroxylation is 1. The van der Waals surface area contributed by atoms with E-state index in [4.69, 9.17) is 14.5 Å². The molecule has 9 heteroatoms. The first-order valence-electron chi connectivity index (χ1n) is 10.6. The molecule has 1 saturated carbocycles. The summed E-state index contributed by atoms with van der Waals surface area (Å²) < 4.78 is 12.8. The smallest absolute Gasteiger partial charge is 0.194 e. The van der Waals surface area contributed by atoms with E-state index >= 15 is 0 Å². The Morgan fingerprint density at radius 3 is 2.52 bits per heavy atom. The lowest BCUT2D eigenvalue weighted by Gasteiger charge is -2.25. The zero-order chi connectivity index (χ0) is 21.5. The molecule has 0 spiro atoms. The Morgan fingerprint density at radius 1 is 1.19 bits per heavy atom. The SMILES string of the molecule is COc1ccc(CCN(C)C(=NCc2nnc(C)n2C)NC2CCCC2)cc1OC.I. The summed E-state index contributed by atoms with van der Waals surface area (Å²) in [5.74, 6) is 4.19. The average molecular weight is 542 g/mol. The van der Waals surface area contributed by atoms with Gasteiger partial charge in [0.2, 0.25) is 0 Å². The second kappa shape index (κ2) is 12.1. The number of ether oxygens (including phenoxy) is 2. The van der Waals surface area contributed by atoms with Gasteiger partial charge in [-0.2, -0.15) is 0 Å². The van der Waals surface area contributed by atoms with Gasteiger partial charge in [-0.3, -0.25) is 0 Å². The summed E-state index contributed by atoms with van der Waals surface area (Å²) in [7, 11) is 7.38. The molecule has 1 fully saturated rings. The number of nitrogens with zero attached hydrogens (tertiary/aromatic N) is 5. The van der Waals surface area contributed by atoms with E-state index in [9.17, 15) is 0 Å². The lowest BCUT2D eigenvalue weighted by Crippen LogP contribution is -2.44.